The summed E-state index contributed by atoms with van der Waals surface area (Å²) >= 11 is 0. The predicted molar refractivity (Wildman–Crippen MR) is 91.2 cm³/mol. The summed E-state index contributed by atoms with van der Waals surface area (Å²) in [5.41, 5.74) is 2.60. The topological polar surface area (TPSA) is 43.4 Å². The van der Waals surface area contributed by atoms with Gasteiger partial charge in [-0.1, -0.05) is 6.07 Å². The number of nitrogens with zero attached hydrogens (tertiary/aromatic N) is 1. The lowest BCUT2D eigenvalue weighted by Crippen LogP contribution is -2.31. The van der Waals surface area contributed by atoms with Gasteiger partial charge in [-0.25, -0.2) is 0 Å². The third-order valence-corrected chi connectivity index (χ3v) is 4.69. The van der Waals surface area contributed by atoms with Crippen molar-refractivity contribution in [3.8, 4) is 11.5 Å². The predicted octanol–water partition coefficient (Wildman–Crippen LogP) is 3.23. The lowest BCUT2D eigenvalue weighted by atomic mass is 9.76. The molecule has 23 heavy (non-hydrogen) atoms. The Bertz CT molecular complexity index is 625. The SMILES string of the molecule is COc1ccc([C@@H](c2ccncc2)C2CCNCC2)cc1OC. The van der Waals surface area contributed by atoms with Gasteiger partial charge in [0, 0.05) is 18.3 Å². The highest BCUT2D eigenvalue weighted by Gasteiger charge is 2.27. The zero-order valence-corrected chi connectivity index (χ0v) is 13.8. The molecule has 4 nitrogen and oxygen atoms in total. The van der Waals surface area contributed by atoms with Gasteiger partial charge >= 0.3 is 0 Å². The van der Waals surface area contributed by atoms with E-state index in [9.17, 15) is 0 Å². The number of pyridine rings is 1. The van der Waals surface area contributed by atoms with Gasteiger partial charge < -0.3 is 14.8 Å². The third-order valence-electron chi connectivity index (χ3n) is 4.69. The molecule has 1 aromatic heterocycles. The summed E-state index contributed by atoms with van der Waals surface area (Å²) in [5, 5.41) is 3.46. The van der Waals surface area contributed by atoms with E-state index in [1.165, 1.54) is 24.0 Å². The number of hydrogen-bond donors (Lipinski definition) is 1. The molecule has 1 aliphatic rings. The largest absolute Gasteiger partial charge is 0.493 e. The van der Waals surface area contributed by atoms with Crippen molar-refractivity contribution in [1.29, 1.82) is 0 Å². The molecule has 1 fully saturated rings. The second kappa shape index (κ2) is 7.47. The zero-order chi connectivity index (χ0) is 16.1. The maximum atomic E-state index is 5.50. The van der Waals surface area contributed by atoms with Crippen LogP contribution in [0.5, 0.6) is 11.5 Å². The highest BCUT2D eigenvalue weighted by Crippen LogP contribution is 2.39. The van der Waals surface area contributed by atoms with Gasteiger partial charge in [0.15, 0.2) is 11.5 Å². The van der Waals surface area contributed by atoms with Crippen molar-refractivity contribution in [2.24, 2.45) is 5.92 Å². The smallest absolute Gasteiger partial charge is 0.161 e. The molecular formula is C19H24N2O2. The van der Waals surface area contributed by atoms with E-state index >= 15 is 0 Å². The standard InChI is InChI=1S/C19H24N2O2/c1-22-17-4-3-16(13-18(17)23-2)19(14-5-9-20-10-6-14)15-7-11-21-12-8-15/h3-6,9-10,13,15,19,21H,7-8,11-12H2,1-2H3/t19-/m0/s1. The fourth-order valence-corrected chi connectivity index (χ4v) is 3.53. The Labute approximate surface area is 137 Å². The number of ether oxygens (including phenoxy) is 2. The van der Waals surface area contributed by atoms with E-state index in [0.717, 1.165) is 24.6 Å². The molecule has 2 aromatic rings. The number of aromatic nitrogens is 1. The third kappa shape index (κ3) is 3.48. The minimum absolute atomic E-state index is 0.361. The number of methoxy groups -OCH3 is 2. The Morgan fingerprint density at radius 2 is 1.65 bits per heavy atom. The van der Waals surface area contributed by atoms with E-state index in [2.05, 4.69) is 34.6 Å². The fourth-order valence-electron chi connectivity index (χ4n) is 3.53. The van der Waals surface area contributed by atoms with Crippen LogP contribution in [0.15, 0.2) is 42.7 Å². The first kappa shape index (κ1) is 15.8. The van der Waals surface area contributed by atoms with Crippen molar-refractivity contribution in [3.63, 3.8) is 0 Å². The van der Waals surface area contributed by atoms with E-state index < -0.39 is 0 Å². The van der Waals surface area contributed by atoms with Crippen LogP contribution < -0.4 is 14.8 Å². The molecule has 2 heterocycles. The minimum atomic E-state index is 0.361. The molecule has 122 valence electrons. The first-order valence-electron chi connectivity index (χ1n) is 8.16. The molecule has 0 unspecified atom stereocenters. The molecule has 1 aromatic carbocycles. The van der Waals surface area contributed by atoms with E-state index in [0.29, 0.717) is 11.8 Å². The fraction of sp³-hybridized carbons (Fsp3) is 0.421. The summed E-state index contributed by atoms with van der Waals surface area (Å²) in [6.07, 6.45) is 6.12. The lowest BCUT2D eigenvalue weighted by molar-refractivity contribution is 0.337. The molecule has 4 heteroatoms. The van der Waals surface area contributed by atoms with Crippen LogP contribution >= 0.6 is 0 Å². The number of benzene rings is 1. The molecule has 0 radical (unpaired) electrons. The number of hydrogen-bond acceptors (Lipinski definition) is 4. The quantitative estimate of drug-likeness (QED) is 0.920. The number of rotatable bonds is 5. The van der Waals surface area contributed by atoms with Gasteiger partial charge in [0.1, 0.15) is 0 Å². The van der Waals surface area contributed by atoms with Crippen molar-refractivity contribution >= 4 is 0 Å². The van der Waals surface area contributed by atoms with E-state index in [-0.39, 0.29) is 0 Å². The van der Waals surface area contributed by atoms with Crippen molar-refractivity contribution < 1.29 is 9.47 Å². The second-order valence-corrected chi connectivity index (χ2v) is 5.96. The summed E-state index contributed by atoms with van der Waals surface area (Å²) in [5.74, 6) is 2.55. The van der Waals surface area contributed by atoms with Crippen LogP contribution in [0.1, 0.15) is 29.9 Å². The average Bonchev–Trinajstić information content (AvgIpc) is 2.63. The minimum Gasteiger partial charge on any atom is -0.493 e. The first-order valence-corrected chi connectivity index (χ1v) is 8.16. The molecule has 0 aliphatic carbocycles. The van der Waals surface area contributed by atoms with E-state index in [1.807, 2.05) is 18.5 Å². The van der Waals surface area contributed by atoms with Gasteiger partial charge in [-0.15, -0.1) is 0 Å². The second-order valence-electron chi connectivity index (χ2n) is 5.96. The highest BCUT2D eigenvalue weighted by atomic mass is 16.5. The van der Waals surface area contributed by atoms with Gasteiger partial charge in [0.2, 0.25) is 0 Å². The Balaban J connectivity index is 2.01. The van der Waals surface area contributed by atoms with E-state index in [1.54, 1.807) is 14.2 Å². The molecule has 0 amide bonds. The van der Waals surface area contributed by atoms with Crippen molar-refractivity contribution in [1.82, 2.24) is 10.3 Å². The summed E-state index contributed by atoms with van der Waals surface area (Å²) in [6, 6.07) is 10.5. The molecule has 1 atom stereocenters. The molecule has 1 N–H and O–H groups in total. The molecule has 1 aliphatic heterocycles. The van der Waals surface area contributed by atoms with Crippen molar-refractivity contribution in [2.45, 2.75) is 18.8 Å². The first-order chi connectivity index (χ1) is 11.3. The molecule has 0 bridgehead atoms. The van der Waals surface area contributed by atoms with Gasteiger partial charge in [-0.3, -0.25) is 4.98 Å². The molecular weight excluding hydrogens is 288 g/mol. The van der Waals surface area contributed by atoms with E-state index in [4.69, 9.17) is 9.47 Å². The van der Waals surface area contributed by atoms with Gasteiger partial charge in [-0.2, -0.15) is 0 Å². The normalized spacial score (nSPS) is 16.8. The summed E-state index contributed by atoms with van der Waals surface area (Å²) in [6.45, 7) is 2.17. The van der Waals surface area contributed by atoms with Gasteiger partial charge in [0.05, 0.1) is 14.2 Å². The number of piperidine rings is 1. The van der Waals surface area contributed by atoms with Crippen LogP contribution in [0.25, 0.3) is 0 Å². The van der Waals surface area contributed by atoms with Crippen molar-refractivity contribution in [3.05, 3.63) is 53.9 Å². The summed E-state index contributed by atoms with van der Waals surface area (Å²) in [7, 11) is 3.36. The van der Waals surface area contributed by atoms with Crippen LogP contribution in [0.4, 0.5) is 0 Å². The Morgan fingerprint density at radius 3 is 2.30 bits per heavy atom. The molecule has 3 rings (SSSR count). The van der Waals surface area contributed by atoms with Crippen LogP contribution in [0, 0.1) is 5.92 Å². The van der Waals surface area contributed by atoms with Crippen LogP contribution in [0.3, 0.4) is 0 Å². The molecule has 0 saturated carbocycles. The monoisotopic (exact) mass is 312 g/mol. The zero-order valence-electron chi connectivity index (χ0n) is 13.8. The Hall–Kier alpha value is -2.07. The Morgan fingerprint density at radius 1 is 0.957 bits per heavy atom. The van der Waals surface area contributed by atoms with Gasteiger partial charge in [-0.05, 0) is 67.2 Å². The maximum Gasteiger partial charge on any atom is 0.161 e. The summed E-state index contributed by atoms with van der Waals surface area (Å²) in [4.78, 5) is 4.17. The van der Waals surface area contributed by atoms with Crippen molar-refractivity contribution in [2.75, 3.05) is 27.3 Å². The van der Waals surface area contributed by atoms with Crippen LogP contribution in [-0.2, 0) is 0 Å². The Kier molecular flexibility index (Phi) is 5.13. The highest BCUT2D eigenvalue weighted by molar-refractivity contribution is 5.46. The molecule has 1 saturated heterocycles. The summed E-state index contributed by atoms with van der Waals surface area (Å²) < 4.78 is 10.9. The van der Waals surface area contributed by atoms with Crippen LogP contribution in [-0.4, -0.2) is 32.3 Å². The number of nitrogens with one attached hydrogen (secondary N) is 1. The lowest BCUT2D eigenvalue weighted by Gasteiger charge is -2.31. The van der Waals surface area contributed by atoms with Crippen LogP contribution in [0.2, 0.25) is 0 Å². The molecule has 0 spiro atoms. The average molecular weight is 312 g/mol. The maximum absolute atomic E-state index is 5.50. The van der Waals surface area contributed by atoms with Gasteiger partial charge in [0.25, 0.3) is 0 Å².